The van der Waals surface area contributed by atoms with Crippen molar-refractivity contribution in [1.29, 1.82) is 0 Å². The summed E-state index contributed by atoms with van der Waals surface area (Å²) in [5.41, 5.74) is 4.96. The van der Waals surface area contributed by atoms with Gasteiger partial charge in [-0.25, -0.2) is 0 Å². The van der Waals surface area contributed by atoms with Crippen LogP contribution in [0.15, 0.2) is 6.20 Å². The van der Waals surface area contributed by atoms with Gasteiger partial charge in [0, 0.05) is 0 Å². The van der Waals surface area contributed by atoms with E-state index in [4.69, 9.17) is 5.73 Å². The minimum absolute atomic E-state index is 0.127. The molecule has 0 bridgehead atoms. The van der Waals surface area contributed by atoms with Gasteiger partial charge in [-0.2, -0.15) is 4.68 Å². The van der Waals surface area contributed by atoms with Crippen LogP contribution in [0.4, 0.5) is 5.82 Å². The third-order valence-corrected chi connectivity index (χ3v) is 3.17. The molecule has 0 fully saturated rings. The Morgan fingerprint density at radius 3 is 2.40 bits per heavy atom. The Morgan fingerprint density at radius 1 is 1.30 bits per heavy atom. The van der Waals surface area contributed by atoms with E-state index >= 15 is 0 Å². The third kappa shape index (κ3) is 4.99. The van der Waals surface area contributed by atoms with Crippen LogP contribution < -0.4 is 5.73 Å². The zero-order valence-corrected chi connectivity index (χ0v) is 11.9. The van der Waals surface area contributed by atoms with Crippen molar-refractivity contribution in [3.63, 3.8) is 0 Å². The first-order valence-electron chi connectivity index (χ1n) is 7.08. The highest BCUT2D eigenvalue weighted by Crippen LogP contribution is 2.16. The second kappa shape index (κ2) is 8.29. The second-order valence-corrected chi connectivity index (χ2v) is 4.87. The summed E-state index contributed by atoms with van der Waals surface area (Å²) in [5.74, 6) is -1.28. The van der Waals surface area contributed by atoms with Gasteiger partial charge in [-0.15, -0.1) is 0 Å². The van der Waals surface area contributed by atoms with Crippen LogP contribution in [0.2, 0.25) is 0 Å². The number of aryl methyl sites for hydroxylation is 1. The average Bonchev–Trinajstić information content (AvgIpc) is 2.82. The monoisotopic (exact) mass is 282 g/mol. The Labute approximate surface area is 118 Å². The van der Waals surface area contributed by atoms with E-state index in [2.05, 4.69) is 12.0 Å². The first kappa shape index (κ1) is 16.1. The summed E-state index contributed by atoms with van der Waals surface area (Å²) in [7, 11) is 0. The van der Waals surface area contributed by atoms with Crippen LogP contribution in [0.25, 0.3) is 0 Å². The van der Waals surface area contributed by atoms with E-state index in [0.717, 1.165) is 19.3 Å². The largest absolute Gasteiger partial charge is 0.402 e. The fraction of sp³-hybridized carbons (Fsp3) is 0.692. The summed E-state index contributed by atoms with van der Waals surface area (Å²) in [5, 5.41) is 14.5. The van der Waals surface area contributed by atoms with E-state index < -0.39 is 16.6 Å². The lowest BCUT2D eigenvalue weighted by Crippen LogP contribution is -2.11. The number of nitrogens with two attached hydrogens (primary N) is 1. The number of hydrogen-bond acceptors (Lipinski definition) is 4. The molecule has 0 radical (unpaired) electrons. The maximum Gasteiger partial charge on any atom is 0.402 e. The minimum Gasteiger partial charge on any atom is -0.365 e. The van der Waals surface area contributed by atoms with Gasteiger partial charge >= 0.3 is 5.82 Å². The smallest absolute Gasteiger partial charge is 0.365 e. The zero-order valence-electron chi connectivity index (χ0n) is 11.9. The molecule has 1 heterocycles. The van der Waals surface area contributed by atoms with Crippen molar-refractivity contribution in [2.24, 2.45) is 5.73 Å². The molecule has 0 aliphatic rings. The van der Waals surface area contributed by atoms with E-state index in [1.807, 2.05) is 0 Å². The van der Waals surface area contributed by atoms with Gasteiger partial charge in [-0.05, 0) is 11.3 Å². The molecule has 0 aromatic carbocycles. The molecule has 1 aromatic heterocycles. The molecular formula is C13H22N4O3. The lowest BCUT2D eigenvalue weighted by Gasteiger charge is -1.99. The summed E-state index contributed by atoms with van der Waals surface area (Å²) in [6, 6.07) is 0. The number of amides is 1. The molecule has 0 unspecified atom stereocenters. The molecule has 0 saturated carbocycles. The lowest BCUT2D eigenvalue weighted by molar-refractivity contribution is -0.390. The lowest BCUT2D eigenvalue weighted by atomic mass is 10.1. The van der Waals surface area contributed by atoms with Crippen LogP contribution in [-0.2, 0) is 6.54 Å². The number of unbranched alkanes of at least 4 members (excludes halogenated alkanes) is 6. The molecule has 0 saturated heterocycles. The molecule has 2 N–H and O–H groups in total. The number of rotatable bonds is 10. The summed E-state index contributed by atoms with van der Waals surface area (Å²) >= 11 is 0. The third-order valence-electron chi connectivity index (χ3n) is 3.17. The highest BCUT2D eigenvalue weighted by Gasteiger charge is 2.24. The van der Waals surface area contributed by atoms with Gasteiger partial charge < -0.3 is 15.8 Å². The number of carbonyl (C=O) groups is 1. The summed E-state index contributed by atoms with van der Waals surface area (Å²) in [6.07, 6.45) is 9.45. The molecule has 7 nitrogen and oxygen atoms in total. The van der Waals surface area contributed by atoms with Crippen molar-refractivity contribution in [3.05, 3.63) is 21.9 Å². The predicted octanol–water partition coefficient (Wildman–Crippen LogP) is 2.64. The Balaban J connectivity index is 2.39. The molecule has 1 aromatic rings. The van der Waals surface area contributed by atoms with Crippen LogP contribution in [-0.4, -0.2) is 20.6 Å². The van der Waals surface area contributed by atoms with E-state index in [9.17, 15) is 14.9 Å². The van der Waals surface area contributed by atoms with Crippen molar-refractivity contribution in [1.82, 2.24) is 9.78 Å². The van der Waals surface area contributed by atoms with Gasteiger partial charge in [0.15, 0.2) is 5.56 Å². The molecule has 0 spiro atoms. The zero-order chi connectivity index (χ0) is 15.0. The van der Waals surface area contributed by atoms with Gasteiger partial charge in [-0.3, -0.25) is 4.79 Å². The highest BCUT2D eigenvalue weighted by atomic mass is 16.6. The van der Waals surface area contributed by atoms with Crippen molar-refractivity contribution < 1.29 is 9.72 Å². The summed E-state index contributed by atoms with van der Waals surface area (Å²) < 4.78 is 1.43. The van der Waals surface area contributed by atoms with Crippen LogP contribution in [0, 0.1) is 10.1 Å². The normalized spacial score (nSPS) is 10.7. The Kier molecular flexibility index (Phi) is 6.69. The quantitative estimate of drug-likeness (QED) is 0.404. The molecule has 0 atom stereocenters. The van der Waals surface area contributed by atoms with Gasteiger partial charge in [-0.1, -0.05) is 45.4 Å². The Bertz CT molecular complexity index is 425. The van der Waals surface area contributed by atoms with Crippen LogP contribution >= 0.6 is 0 Å². The number of primary amides is 1. The van der Waals surface area contributed by atoms with E-state index in [1.165, 1.54) is 36.6 Å². The van der Waals surface area contributed by atoms with E-state index in [0.29, 0.717) is 6.54 Å². The summed E-state index contributed by atoms with van der Waals surface area (Å²) in [6.45, 7) is 2.75. The molecular weight excluding hydrogens is 260 g/mol. The van der Waals surface area contributed by atoms with Crippen molar-refractivity contribution >= 4 is 11.7 Å². The van der Waals surface area contributed by atoms with Gasteiger partial charge in [0.25, 0.3) is 5.91 Å². The molecule has 20 heavy (non-hydrogen) atoms. The number of aromatic nitrogens is 2. The summed E-state index contributed by atoms with van der Waals surface area (Å²) in [4.78, 5) is 21.1. The first-order chi connectivity index (χ1) is 9.56. The molecule has 0 aliphatic heterocycles. The fourth-order valence-corrected chi connectivity index (χ4v) is 2.07. The highest BCUT2D eigenvalue weighted by molar-refractivity contribution is 5.95. The fourth-order valence-electron chi connectivity index (χ4n) is 2.07. The van der Waals surface area contributed by atoms with Crippen molar-refractivity contribution in [3.8, 4) is 0 Å². The van der Waals surface area contributed by atoms with Crippen LogP contribution in [0.5, 0.6) is 0 Å². The number of carbonyl (C=O) groups excluding carboxylic acids is 1. The predicted molar refractivity (Wildman–Crippen MR) is 75.4 cm³/mol. The van der Waals surface area contributed by atoms with Crippen LogP contribution in [0.3, 0.4) is 0 Å². The molecule has 112 valence electrons. The SMILES string of the molecule is CCCCCCCCCn1cc(C(N)=O)c([N+](=O)[O-])n1. The van der Waals surface area contributed by atoms with Crippen LogP contribution in [0.1, 0.15) is 62.2 Å². The van der Waals surface area contributed by atoms with E-state index in [-0.39, 0.29) is 5.56 Å². The minimum atomic E-state index is -0.817. The first-order valence-corrected chi connectivity index (χ1v) is 7.08. The molecule has 1 rings (SSSR count). The molecule has 0 aliphatic carbocycles. The average molecular weight is 282 g/mol. The topological polar surface area (TPSA) is 104 Å². The second-order valence-electron chi connectivity index (χ2n) is 4.87. The Morgan fingerprint density at radius 2 is 1.90 bits per heavy atom. The Hall–Kier alpha value is -1.92. The number of hydrogen-bond donors (Lipinski definition) is 1. The standard InChI is InChI=1S/C13H22N4O3/c1-2-3-4-5-6-7-8-9-16-10-11(12(14)18)13(15-16)17(19)20/h10H,2-9H2,1H3,(H2,14,18). The van der Waals surface area contributed by atoms with Crippen molar-refractivity contribution in [2.45, 2.75) is 58.4 Å². The van der Waals surface area contributed by atoms with Crippen molar-refractivity contribution in [2.75, 3.05) is 0 Å². The molecule has 7 heteroatoms. The van der Waals surface area contributed by atoms with Gasteiger partial charge in [0.05, 0.1) is 17.8 Å². The molecule has 1 amide bonds. The van der Waals surface area contributed by atoms with E-state index in [1.54, 1.807) is 0 Å². The maximum atomic E-state index is 11.1. The maximum absolute atomic E-state index is 11.1. The number of nitro groups is 1. The van der Waals surface area contributed by atoms with Gasteiger partial charge in [0.2, 0.25) is 0 Å². The number of nitrogens with zero attached hydrogens (tertiary/aromatic N) is 3. The van der Waals surface area contributed by atoms with Gasteiger partial charge in [0.1, 0.15) is 0 Å².